The molecule has 1 atom stereocenters. The molecule has 0 aromatic heterocycles. The van der Waals surface area contributed by atoms with Gasteiger partial charge in [0, 0.05) is 5.75 Å². The molecular weight excluding hydrogens is 164 g/mol. The zero-order valence-electron chi connectivity index (χ0n) is 4.52. The lowest BCUT2D eigenvalue weighted by atomic mass is 10.5. The van der Waals surface area contributed by atoms with Crippen LogP contribution in [0.2, 0.25) is 0 Å². The van der Waals surface area contributed by atoms with Crippen molar-refractivity contribution in [1.29, 1.82) is 0 Å². The zero-order valence-corrected chi connectivity index (χ0v) is 6.15. The third kappa shape index (κ3) is 8.22. The van der Waals surface area contributed by atoms with E-state index in [0.29, 0.717) is 0 Å². The monoisotopic (exact) mass is 171 g/mol. The molecule has 0 saturated carbocycles. The molecule has 0 amide bonds. The molecule has 0 aromatic rings. The van der Waals surface area contributed by atoms with Crippen LogP contribution in [0.1, 0.15) is 0 Å². The molecule has 0 heterocycles. The average molecular weight is 171 g/mol. The Hall–Kier alpha value is 0.220. The van der Waals surface area contributed by atoms with Crippen molar-refractivity contribution < 1.29 is 18.1 Å². The van der Waals surface area contributed by atoms with Crippen LogP contribution in [0.15, 0.2) is 0 Å². The van der Waals surface area contributed by atoms with Gasteiger partial charge in [0.05, 0.1) is 6.10 Å². The standard InChI is InChI=1S/C3H7O4S2/c1-3(4)2-8-9(5,6)7/h3-4H,1-2H2,(H,5,6,7). The maximum absolute atomic E-state index is 9.92. The molecule has 1 unspecified atom stereocenters. The molecule has 0 aliphatic carbocycles. The molecule has 0 rings (SSSR count). The van der Waals surface area contributed by atoms with Gasteiger partial charge in [0.2, 0.25) is 0 Å². The zero-order chi connectivity index (χ0) is 7.49. The topological polar surface area (TPSA) is 74.6 Å². The minimum Gasteiger partial charge on any atom is -0.392 e. The molecule has 4 nitrogen and oxygen atoms in total. The first kappa shape index (κ1) is 9.22. The first-order valence-electron chi connectivity index (χ1n) is 2.05. The van der Waals surface area contributed by atoms with E-state index in [1.807, 2.05) is 0 Å². The van der Waals surface area contributed by atoms with Crippen molar-refractivity contribution >= 4 is 19.9 Å². The minimum atomic E-state index is -4.00. The number of hydrogen-bond donors (Lipinski definition) is 2. The first-order valence-corrected chi connectivity index (χ1v) is 4.99. The highest BCUT2D eigenvalue weighted by Crippen LogP contribution is 2.09. The highest BCUT2D eigenvalue weighted by molar-refractivity contribution is 8.69. The molecule has 55 valence electrons. The van der Waals surface area contributed by atoms with Crippen LogP contribution in [0.3, 0.4) is 0 Å². The van der Waals surface area contributed by atoms with Crippen molar-refractivity contribution in [3.8, 4) is 0 Å². The third-order valence-electron chi connectivity index (χ3n) is 0.409. The summed E-state index contributed by atoms with van der Waals surface area (Å²) in [4.78, 5) is 0. The molecule has 6 heteroatoms. The maximum atomic E-state index is 9.92. The van der Waals surface area contributed by atoms with Crippen LogP contribution >= 0.6 is 10.8 Å². The number of hydrogen-bond acceptors (Lipinski definition) is 4. The van der Waals surface area contributed by atoms with Crippen LogP contribution in [0.5, 0.6) is 0 Å². The summed E-state index contributed by atoms with van der Waals surface area (Å²) < 4.78 is 27.9. The Morgan fingerprint density at radius 2 is 2.11 bits per heavy atom. The Kier molecular flexibility index (Phi) is 3.49. The van der Waals surface area contributed by atoms with Crippen molar-refractivity contribution in [2.45, 2.75) is 6.10 Å². The summed E-state index contributed by atoms with van der Waals surface area (Å²) in [5, 5.41) is 8.41. The predicted octanol–water partition coefficient (Wildman–Crippen LogP) is -0.283. The van der Waals surface area contributed by atoms with E-state index in [0.717, 1.165) is 0 Å². The van der Waals surface area contributed by atoms with Crippen LogP contribution in [0.25, 0.3) is 0 Å². The van der Waals surface area contributed by atoms with Gasteiger partial charge in [-0.2, -0.15) is 8.42 Å². The maximum Gasteiger partial charge on any atom is 0.319 e. The third-order valence-corrected chi connectivity index (χ3v) is 2.53. The van der Waals surface area contributed by atoms with Crippen molar-refractivity contribution in [2.24, 2.45) is 0 Å². The summed E-state index contributed by atoms with van der Waals surface area (Å²) in [5.74, 6) is -0.112. The lowest BCUT2D eigenvalue weighted by molar-refractivity contribution is 0.246. The summed E-state index contributed by atoms with van der Waals surface area (Å²) in [6.45, 7) is 3.10. The normalized spacial score (nSPS) is 15.4. The van der Waals surface area contributed by atoms with E-state index >= 15 is 0 Å². The van der Waals surface area contributed by atoms with Gasteiger partial charge in [0.15, 0.2) is 0 Å². The molecular formula is C3H7O4S2. The summed E-state index contributed by atoms with van der Waals surface area (Å²) in [6.07, 6.45) is -0.961. The Bertz CT molecular complexity index is 159. The number of aliphatic hydroxyl groups is 1. The van der Waals surface area contributed by atoms with Crippen molar-refractivity contribution in [2.75, 3.05) is 5.75 Å². The van der Waals surface area contributed by atoms with E-state index in [4.69, 9.17) is 9.66 Å². The Morgan fingerprint density at radius 1 is 1.67 bits per heavy atom. The molecule has 0 spiro atoms. The van der Waals surface area contributed by atoms with Crippen molar-refractivity contribution in [3.05, 3.63) is 6.92 Å². The van der Waals surface area contributed by atoms with Gasteiger partial charge in [0.25, 0.3) is 0 Å². The summed E-state index contributed by atoms with van der Waals surface area (Å²) in [6, 6.07) is 0. The quantitative estimate of drug-likeness (QED) is 0.451. The van der Waals surface area contributed by atoms with Crippen molar-refractivity contribution in [3.63, 3.8) is 0 Å². The minimum absolute atomic E-state index is 0.112. The Morgan fingerprint density at radius 3 is 2.22 bits per heavy atom. The smallest absolute Gasteiger partial charge is 0.319 e. The molecule has 0 aromatic carbocycles. The summed E-state index contributed by atoms with van der Waals surface area (Å²) in [5.41, 5.74) is 0. The van der Waals surface area contributed by atoms with E-state index in [9.17, 15) is 8.42 Å². The fourth-order valence-corrected chi connectivity index (χ4v) is 1.48. The van der Waals surface area contributed by atoms with Crippen LogP contribution in [0, 0.1) is 6.92 Å². The number of aliphatic hydroxyl groups excluding tert-OH is 1. The fraction of sp³-hybridized carbons (Fsp3) is 0.667. The Labute approximate surface area is 57.4 Å². The second kappa shape index (κ2) is 3.40. The second-order valence-corrected chi connectivity index (χ2v) is 4.76. The van der Waals surface area contributed by atoms with Crippen LogP contribution in [-0.2, 0) is 9.15 Å². The van der Waals surface area contributed by atoms with Gasteiger partial charge in [0.1, 0.15) is 0 Å². The molecule has 9 heavy (non-hydrogen) atoms. The van der Waals surface area contributed by atoms with E-state index < -0.39 is 15.3 Å². The average Bonchev–Trinajstić information content (AvgIpc) is 1.59. The lowest BCUT2D eigenvalue weighted by Crippen LogP contribution is -2.05. The second-order valence-electron chi connectivity index (χ2n) is 1.37. The van der Waals surface area contributed by atoms with E-state index in [2.05, 4.69) is 6.92 Å². The Balaban J connectivity index is 3.53. The molecule has 2 N–H and O–H groups in total. The molecule has 0 aliphatic rings. The highest BCUT2D eigenvalue weighted by Gasteiger charge is 2.06. The molecule has 0 fully saturated rings. The first-order chi connectivity index (χ1) is 3.92. The molecule has 0 aliphatic heterocycles. The molecule has 0 saturated heterocycles. The highest BCUT2D eigenvalue weighted by atomic mass is 33.1. The van der Waals surface area contributed by atoms with Gasteiger partial charge >= 0.3 is 9.15 Å². The van der Waals surface area contributed by atoms with Gasteiger partial charge in [-0.25, -0.2) is 0 Å². The number of rotatable bonds is 3. The van der Waals surface area contributed by atoms with E-state index in [-0.39, 0.29) is 16.5 Å². The van der Waals surface area contributed by atoms with Crippen LogP contribution in [-0.4, -0.2) is 29.9 Å². The van der Waals surface area contributed by atoms with Gasteiger partial charge in [-0.1, -0.05) is 0 Å². The molecule has 1 radical (unpaired) electrons. The SMILES string of the molecule is [CH2]C(O)CSS(=O)(=O)O. The summed E-state index contributed by atoms with van der Waals surface area (Å²) >= 11 is 0. The van der Waals surface area contributed by atoms with Crippen molar-refractivity contribution in [1.82, 2.24) is 0 Å². The van der Waals surface area contributed by atoms with Gasteiger partial charge < -0.3 is 5.11 Å². The van der Waals surface area contributed by atoms with Gasteiger partial charge in [-0.15, -0.1) is 0 Å². The van der Waals surface area contributed by atoms with Crippen LogP contribution < -0.4 is 0 Å². The van der Waals surface area contributed by atoms with E-state index in [1.165, 1.54) is 0 Å². The molecule has 0 bridgehead atoms. The van der Waals surface area contributed by atoms with Gasteiger partial charge in [-0.3, -0.25) is 4.55 Å². The lowest BCUT2D eigenvalue weighted by Gasteiger charge is -1.98. The predicted molar refractivity (Wildman–Crippen MR) is 35.4 cm³/mol. The largest absolute Gasteiger partial charge is 0.392 e. The summed E-state index contributed by atoms with van der Waals surface area (Å²) in [7, 11) is -3.75. The van der Waals surface area contributed by atoms with Crippen LogP contribution in [0.4, 0.5) is 0 Å². The van der Waals surface area contributed by atoms with E-state index in [1.54, 1.807) is 0 Å². The van der Waals surface area contributed by atoms with Gasteiger partial charge in [-0.05, 0) is 17.7 Å². The fourth-order valence-electron chi connectivity index (χ4n) is 0.165.